The third kappa shape index (κ3) is 9.85. The molecule has 1 aliphatic rings. The summed E-state index contributed by atoms with van der Waals surface area (Å²) < 4.78 is 10.3. The van der Waals surface area contributed by atoms with Crippen molar-refractivity contribution in [2.24, 2.45) is 0 Å². The van der Waals surface area contributed by atoms with Crippen molar-refractivity contribution in [2.45, 2.75) is 97.8 Å². The molecule has 0 unspecified atom stereocenters. The van der Waals surface area contributed by atoms with Gasteiger partial charge in [0.05, 0.1) is 0 Å². The van der Waals surface area contributed by atoms with Crippen LogP contribution in [0.3, 0.4) is 0 Å². The van der Waals surface area contributed by atoms with Crippen molar-refractivity contribution < 1.29 is 9.47 Å². The first kappa shape index (κ1) is 20.9. The van der Waals surface area contributed by atoms with Crippen LogP contribution in [0.2, 0.25) is 0 Å². The Kier molecular flexibility index (Phi) is 12.3. The maximum atomic E-state index is 5.16. The number of benzene rings is 1. The molecular weight excluding hydrogens is 296 g/mol. The lowest BCUT2D eigenvalue weighted by molar-refractivity contribution is 0.174. The molecule has 0 saturated carbocycles. The number of aryl methyl sites for hydroxylation is 1. The monoisotopic (exact) mass is 334 g/mol. The zero-order valence-electron chi connectivity index (χ0n) is 16.2. The zero-order chi connectivity index (χ0) is 17.5. The summed E-state index contributed by atoms with van der Waals surface area (Å²) in [6.07, 6.45) is 17.4. The van der Waals surface area contributed by atoms with Crippen LogP contribution in [0.5, 0.6) is 11.5 Å². The summed E-state index contributed by atoms with van der Waals surface area (Å²) in [4.78, 5) is 0. The Morgan fingerprint density at radius 1 is 0.667 bits per heavy atom. The lowest BCUT2D eigenvalue weighted by Gasteiger charge is -2.01. The quantitative estimate of drug-likeness (QED) is 0.392. The summed E-state index contributed by atoms with van der Waals surface area (Å²) in [5.41, 5.74) is 1.20. The highest BCUT2D eigenvalue weighted by Gasteiger charge is 2.11. The molecule has 2 nitrogen and oxygen atoms in total. The second-order valence-electron chi connectivity index (χ2n) is 6.89. The third-order valence-electron chi connectivity index (χ3n) is 4.49. The fourth-order valence-corrected chi connectivity index (χ4v) is 2.92. The SMILES string of the molecule is CCCCCCCCCCCCCC.Cc1ccc2c(c1)OCO2. The molecule has 2 rings (SSSR count). The van der Waals surface area contributed by atoms with Crippen molar-refractivity contribution in [3.05, 3.63) is 23.8 Å². The third-order valence-corrected chi connectivity index (χ3v) is 4.49. The molecule has 0 radical (unpaired) electrons. The Bertz CT molecular complexity index is 402. The van der Waals surface area contributed by atoms with Crippen LogP contribution in [0.4, 0.5) is 0 Å². The van der Waals surface area contributed by atoms with Gasteiger partial charge in [0, 0.05) is 0 Å². The Labute approximate surface area is 149 Å². The van der Waals surface area contributed by atoms with Crippen molar-refractivity contribution in [3.63, 3.8) is 0 Å². The lowest BCUT2D eigenvalue weighted by Crippen LogP contribution is -1.92. The Hall–Kier alpha value is -1.18. The molecular formula is C22H38O2. The first-order chi connectivity index (χ1) is 11.8. The summed E-state index contributed by atoms with van der Waals surface area (Å²) >= 11 is 0. The first-order valence-electron chi connectivity index (χ1n) is 10.1. The molecule has 24 heavy (non-hydrogen) atoms. The molecule has 0 fully saturated rings. The number of hydrogen-bond acceptors (Lipinski definition) is 2. The molecule has 0 atom stereocenters. The predicted octanol–water partition coefficient (Wildman–Crippen LogP) is 7.43. The predicted molar refractivity (Wildman–Crippen MR) is 104 cm³/mol. The van der Waals surface area contributed by atoms with Crippen LogP contribution in [0.15, 0.2) is 18.2 Å². The van der Waals surface area contributed by atoms with E-state index in [2.05, 4.69) is 13.8 Å². The van der Waals surface area contributed by atoms with E-state index in [0.717, 1.165) is 11.5 Å². The summed E-state index contributed by atoms with van der Waals surface area (Å²) in [7, 11) is 0. The normalized spacial score (nSPS) is 12.0. The molecule has 1 aliphatic heterocycles. The van der Waals surface area contributed by atoms with Crippen molar-refractivity contribution in [3.8, 4) is 11.5 Å². The molecule has 1 heterocycles. The maximum Gasteiger partial charge on any atom is 0.231 e. The minimum Gasteiger partial charge on any atom is -0.454 e. The van der Waals surface area contributed by atoms with Crippen LogP contribution >= 0.6 is 0 Å². The molecule has 0 aliphatic carbocycles. The van der Waals surface area contributed by atoms with Crippen LogP contribution in [0, 0.1) is 6.92 Å². The average molecular weight is 335 g/mol. The van der Waals surface area contributed by atoms with Crippen molar-refractivity contribution in [2.75, 3.05) is 6.79 Å². The number of hydrogen-bond donors (Lipinski definition) is 0. The highest BCUT2D eigenvalue weighted by Crippen LogP contribution is 2.31. The molecule has 0 spiro atoms. The summed E-state index contributed by atoms with van der Waals surface area (Å²) in [5, 5.41) is 0. The van der Waals surface area contributed by atoms with Crippen molar-refractivity contribution in [1.29, 1.82) is 0 Å². The largest absolute Gasteiger partial charge is 0.454 e. The minimum atomic E-state index is 0.360. The maximum absolute atomic E-state index is 5.16. The van der Waals surface area contributed by atoms with E-state index >= 15 is 0 Å². The Balaban J connectivity index is 0.000000250. The number of unbranched alkanes of at least 4 members (excludes halogenated alkanes) is 11. The van der Waals surface area contributed by atoms with Gasteiger partial charge in [0.15, 0.2) is 11.5 Å². The number of rotatable bonds is 11. The standard InChI is InChI=1S/C14H30.C8H8O2/c1-3-5-7-9-11-13-14-12-10-8-6-4-2;1-6-2-3-7-8(4-6)10-5-9-7/h3-14H2,1-2H3;2-4H,5H2,1H3. The highest BCUT2D eigenvalue weighted by molar-refractivity contribution is 5.43. The molecule has 0 saturated heterocycles. The van der Waals surface area contributed by atoms with Gasteiger partial charge >= 0.3 is 0 Å². The highest BCUT2D eigenvalue weighted by atomic mass is 16.7. The molecule has 2 heteroatoms. The van der Waals surface area contributed by atoms with Crippen LogP contribution in [-0.4, -0.2) is 6.79 Å². The summed E-state index contributed by atoms with van der Waals surface area (Å²) in [6.45, 7) is 6.96. The van der Waals surface area contributed by atoms with Gasteiger partial charge in [-0.1, -0.05) is 97.0 Å². The average Bonchev–Trinajstić information content (AvgIpc) is 3.05. The van der Waals surface area contributed by atoms with Gasteiger partial charge in [-0.25, -0.2) is 0 Å². The second-order valence-corrected chi connectivity index (χ2v) is 6.89. The van der Waals surface area contributed by atoms with Gasteiger partial charge in [-0.3, -0.25) is 0 Å². The van der Waals surface area contributed by atoms with E-state index in [1.165, 1.54) is 82.6 Å². The van der Waals surface area contributed by atoms with Gasteiger partial charge in [-0.2, -0.15) is 0 Å². The molecule has 1 aromatic rings. The van der Waals surface area contributed by atoms with Gasteiger partial charge in [0.25, 0.3) is 0 Å². The van der Waals surface area contributed by atoms with Crippen LogP contribution in [-0.2, 0) is 0 Å². The Morgan fingerprint density at radius 3 is 1.62 bits per heavy atom. The van der Waals surface area contributed by atoms with Gasteiger partial charge in [0.1, 0.15) is 0 Å². The van der Waals surface area contributed by atoms with Crippen molar-refractivity contribution in [1.82, 2.24) is 0 Å². The van der Waals surface area contributed by atoms with Crippen LogP contribution in [0.1, 0.15) is 96.5 Å². The zero-order valence-corrected chi connectivity index (χ0v) is 16.2. The first-order valence-corrected chi connectivity index (χ1v) is 10.1. The number of ether oxygens (including phenoxy) is 2. The van der Waals surface area contributed by atoms with Crippen LogP contribution < -0.4 is 9.47 Å². The van der Waals surface area contributed by atoms with Gasteiger partial charge < -0.3 is 9.47 Å². The van der Waals surface area contributed by atoms with E-state index in [-0.39, 0.29) is 0 Å². The molecule has 1 aromatic carbocycles. The number of fused-ring (bicyclic) bond motifs is 1. The topological polar surface area (TPSA) is 18.5 Å². The molecule has 0 N–H and O–H groups in total. The fraction of sp³-hybridized carbons (Fsp3) is 0.727. The Morgan fingerprint density at radius 2 is 1.12 bits per heavy atom. The van der Waals surface area contributed by atoms with E-state index in [0.29, 0.717) is 6.79 Å². The minimum absolute atomic E-state index is 0.360. The van der Waals surface area contributed by atoms with E-state index in [1.807, 2.05) is 25.1 Å². The van der Waals surface area contributed by atoms with Gasteiger partial charge in [-0.15, -0.1) is 0 Å². The smallest absolute Gasteiger partial charge is 0.231 e. The second kappa shape index (κ2) is 14.2. The summed E-state index contributed by atoms with van der Waals surface area (Å²) in [6, 6.07) is 5.91. The van der Waals surface area contributed by atoms with Crippen LogP contribution in [0.25, 0.3) is 0 Å². The van der Waals surface area contributed by atoms with Gasteiger partial charge in [-0.05, 0) is 24.6 Å². The molecule has 0 bridgehead atoms. The lowest BCUT2D eigenvalue weighted by atomic mass is 10.1. The molecule has 0 aromatic heterocycles. The van der Waals surface area contributed by atoms with E-state index in [4.69, 9.17) is 9.47 Å². The summed E-state index contributed by atoms with van der Waals surface area (Å²) in [5.74, 6) is 1.71. The van der Waals surface area contributed by atoms with E-state index < -0.39 is 0 Å². The van der Waals surface area contributed by atoms with Crippen molar-refractivity contribution >= 4 is 0 Å². The molecule has 0 amide bonds. The molecule has 138 valence electrons. The van der Waals surface area contributed by atoms with E-state index in [9.17, 15) is 0 Å². The fourth-order valence-electron chi connectivity index (χ4n) is 2.92. The van der Waals surface area contributed by atoms with Gasteiger partial charge in [0.2, 0.25) is 6.79 Å². The van der Waals surface area contributed by atoms with E-state index in [1.54, 1.807) is 0 Å².